The quantitative estimate of drug-likeness (QED) is 0.489. The molecule has 29 heavy (non-hydrogen) atoms. The number of pyridine rings is 1. The van der Waals surface area contributed by atoms with E-state index in [4.69, 9.17) is 4.98 Å². The summed E-state index contributed by atoms with van der Waals surface area (Å²) in [6.07, 6.45) is 3.61. The maximum Gasteiger partial charge on any atom is 0.102 e. The molecule has 148 valence electrons. The third-order valence-corrected chi connectivity index (χ3v) is 6.25. The van der Waals surface area contributed by atoms with Gasteiger partial charge in [0, 0.05) is 16.3 Å². The highest BCUT2D eigenvalue weighted by molar-refractivity contribution is 6.09. The van der Waals surface area contributed by atoms with E-state index in [0.29, 0.717) is 0 Å². The van der Waals surface area contributed by atoms with Gasteiger partial charge in [-0.05, 0) is 80.0 Å². The molecule has 2 aromatic carbocycles. The molecule has 0 saturated carbocycles. The zero-order valence-corrected chi connectivity index (χ0v) is 16.8. The Morgan fingerprint density at radius 3 is 2.59 bits per heavy atom. The van der Waals surface area contributed by atoms with Gasteiger partial charge in [-0.2, -0.15) is 5.10 Å². The third-order valence-electron chi connectivity index (χ3n) is 6.25. The van der Waals surface area contributed by atoms with Gasteiger partial charge in [0.15, 0.2) is 0 Å². The number of nitrogens with zero attached hydrogens (tertiary/aromatic N) is 2. The second-order valence-electron chi connectivity index (χ2n) is 8.09. The average molecular weight is 387 g/mol. The Labute approximate surface area is 169 Å². The summed E-state index contributed by atoms with van der Waals surface area (Å²) < 4.78 is 0. The van der Waals surface area contributed by atoms with Gasteiger partial charge in [0.2, 0.25) is 0 Å². The van der Waals surface area contributed by atoms with Gasteiger partial charge in [-0.1, -0.05) is 12.1 Å². The van der Waals surface area contributed by atoms with E-state index in [1.165, 1.54) is 34.7 Å². The van der Waals surface area contributed by atoms with Crippen molar-refractivity contribution in [2.24, 2.45) is 0 Å². The van der Waals surface area contributed by atoms with Crippen LogP contribution in [0.2, 0.25) is 0 Å². The normalized spacial score (nSPS) is 15.0. The molecule has 0 amide bonds. The van der Waals surface area contributed by atoms with Gasteiger partial charge in [0.05, 0.1) is 29.0 Å². The van der Waals surface area contributed by atoms with Crippen molar-refractivity contribution in [2.45, 2.75) is 45.6 Å². The fraction of sp³-hybridized carbons (Fsp3) is 0.333. The van der Waals surface area contributed by atoms with Crippen LogP contribution in [-0.4, -0.2) is 32.0 Å². The third kappa shape index (κ3) is 2.84. The molecule has 1 aliphatic carbocycles. The Morgan fingerprint density at radius 2 is 1.83 bits per heavy atom. The molecule has 0 aliphatic heterocycles. The number of aliphatic hydroxyl groups excluding tert-OH is 2. The fourth-order valence-electron chi connectivity index (χ4n) is 4.82. The molecule has 2 heterocycles. The average Bonchev–Trinajstić information content (AvgIpc) is 3.13. The van der Waals surface area contributed by atoms with Crippen LogP contribution in [0.4, 0.5) is 0 Å². The van der Waals surface area contributed by atoms with E-state index in [0.717, 1.165) is 52.0 Å². The lowest BCUT2D eigenvalue weighted by Gasteiger charge is -2.22. The molecule has 4 aromatic rings. The first-order valence-corrected chi connectivity index (χ1v) is 10.3. The number of aromatic amines is 1. The van der Waals surface area contributed by atoms with E-state index >= 15 is 0 Å². The van der Waals surface area contributed by atoms with Crippen molar-refractivity contribution in [3.63, 3.8) is 0 Å². The van der Waals surface area contributed by atoms with E-state index < -0.39 is 6.10 Å². The van der Waals surface area contributed by atoms with Gasteiger partial charge >= 0.3 is 0 Å². The minimum atomic E-state index is -0.847. The molecule has 0 saturated heterocycles. The van der Waals surface area contributed by atoms with Gasteiger partial charge in [0.1, 0.15) is 6.10 Å². The number of aliphatic hydroxyl groups is 2. The summed E-state index contributed by atoms with van der Waals surface area (Å²) in [5.74, 6) is 0. The van der Waals surface area contributed by atoms with Gasteiger partial charge in [-0.25, -0.2) is 4.98 Å². The highest BCUT2D eigenvalue weighted by Crippen LogP contribution is 2.39. The van der Waals surface area contributed by atoms with Crippen LogP contribution in [-0.2, 0) is 12.8 Å². The van der Waals surface area contributed by atoms with E-state index in [-0.39, 0.29) is 6.61 Å². The van der Waals surface area contributed by atoms with Crippen molar-refractivity contribution < 1.29 is 10.2 Å². The first kappa shape index (κ1) is 18.3. The molecule has 1 atom stereocenters. The van der Waals surface area contributed by atoms with Crippen LogP contribution in [0, 0.1) is 13.8 Å². The van der Waals surface area contributed by atoms with Crippen molar-refractivity contribution in [2.75, 3.05) is 6.61 Å². The Bertz CT molecular complexity index is 1240. The molecular formula is C24H25N3O2. The zero-order chi connectivity index (χ0) is 20.1. The second-order valence-corrected chi connectivity index (χ2v) is 8.09. The maximum absolute atomic E-state index is 10.0. The van der Waals surface area contributed by atoms with E-state index in [1.807, 2.05) is 19.1 Å². The molecule has 1 aliphatic rings. The van der Waals surface area contributed by atoms with Crippen LogP contribution in [0.15, 0.2) is 30.3 Å². The lowest BCUT2D eigenvalue weighted by atomic mass is 9.85. The second kappa shape index (κ2) is 6.94. The minimum absolute atomic E-state index is 0.274. The number of hydrogen-bond donors (Lipinski definition) is 3. The summed E-state index contributed by atoms with van der Waals surface area (Å²) in [6, 6.07) is 10.2. The monoisotopic (exact) mass is 387 g/mol. The van der Waals surface area contributed by atoms with Crippen LogP contribution in [0.3, 0.4) is 0 Å². The Morgan fingerprint density at radius 1 is 1.03 bits per heavy atom. The van der Waals surface area contributed by atoms with Gasteiger partial charge < -0.3 is 10.2 Å². The highest BCUT2D eigenvalue weighted by Gasteiger charge is 2.22. The number of H-pyrrole nitrogens is 1. The summed E-state index contributed by atoms with van der Waals surface area (Å²) >= 11 is 0. The number of hydrogen-bond acceptors (Lipinski definition) is 4. The topological polar surface area (TPSA) is 82.0 Å². The number of aryl methyl sites for hydroxylation is 3. The first-order valence-electron chi connectivity index (χ1n) is 10.3. The molecule has 0 bridgehead atoms. The molecule has 5 nitrogen and oxygen atoms in total. The van der Waals surface area contributed by atoms with Crippen molar-refractivity contribution in [3.05, 3.63) is 58.3 Å². The lowest BCUT2D eigenvalue weighted by molar-refractivity contribution is 0.0951. The molecule has 3 N–H and O–H groups in total. The van der Waals surface area contributed by atoms with Crippen molar-refractivity contribution >= 4 is 21.8 Å². The van der Waals surface area contributed by atoms with Crippen LogP contribution >= 0.6 is 0 Å². The highest BCUT2D eigenvalue weighted by atomic mass is 16.3. The first-order chi connectivity index (χ1) is 14.1. The Balaban J connectivity index is 1.78. The summed E-state index contributed by atoms with van der Waals surface area (Å²) in [6.45, 7) is 3.75. The van der Waals surface area contributed by atoms with Gasteiger partial charge in [-0.3, -0.25) is 5.10 Å². The van der Waals surface area contributed by atoms with Crippen molar-refractivity contribution in [1.29, 1.82) is 0 Å². The lowest BCUT2D eigenvalue weighted by Crippen LogP contribution is -2.09. The number of benzene rings is 2. The van der Waals surface area contributed by atoms with Gasteiger partial charge in [-0.15, -0.1) is 0 Å². The number of nitrogens with one attached hydrogen (secondary N) is 1. The molecule has 0 spiro atoms. The SMILES string of the molecule is Cc1cc(-c2nc3ccc4[nH]nc(C)c4c3c3c2CCCC3)ccc1C(O)CO. The Hall–Kier alpha value is -2.76. The number of aromatic nitrogens is 3. The van der Waals surface area contributed by atoms with Crippen molar-refractivity contribution in [3.8, 4) is 11.3 Å². The number of rotatable bonds is 3. The molecule has 0 fully saturated rings. The summed E-state index contributed by atoms with van der Waals surface area (Å²) in [4.78, 5) is 5.11. The molecule has 5 heteroatoms. The zero-order valence-electron chi connectivity index (χ0n) is 16.8. The molecule has 1 unspecified atom stereocenters. The molecular weight excluding hydrogens is 362 g/mol. The van der Waals surface area contributed by atoms with Crippen molar-refractivity contribution in [1.82, 2.24) is 15.2 Å². The summed E-state index contributed by atoms with van der Waals surface area (Å²) in [5, 5.41) is 29.3. The molecule has 0 radical (unpaired) electrons. The van der Waals surface area contributed by atoms with E-state index in [2.05, 4.69) is 35.3 Å². The predicted molar refractivity (Wildman–Crippen MR) is 115 cm³/mol. The van der Waals surface area contributed by atoms with E-state index in [1.54, 1.807) is 0 Å². The standard InChI is InChI=1S/C24H25N3O2/c1-13-11-15(7-8-16(13)21(29)12-28)24-18-6-4-3-5-17(18)23-19(25-24)9-10-20-22(23)14(2)26-27-20/h7-11,21,28-29H,3-6,12H2,1-2H3,(H,26,27). The minimum Gasteiger partial charge on any atom is -0.393 e. The smallest absolute Gasteiger partial charge is 0.102 e. The van der Waals surface area contributed by atoms with E-state index in [9.17, 15) is 10.2 Å². The molecule has 5 rings (SSSR count). The van der Waals surface area contributed by atoms with Crippen LogP contribution in [0.5, 0.6) is 0 Å². The maximum atomic E-state index is 10.0. The molecule has 2 aromatic heterocycles. The van der Waals surface area contributed by atoms with Crippen LogP contribution in [0.1, 0.15) is 46.9 Å². The van der Waals surface area contributed by atoms with Crippen LogP contribution < -0.4 is 0 Å². The number of fused-ring (bicyclic) bond motifs is 5. The van der Waals surface area contributed by atoms with Crippen LogP contribution in [0.25, 0.3) is 33.1 Å². The fourth-order valence-corrected chi connectivity index (χ4v) is 4.82. The summed E-state index contributed by atoms with van der Waals surface area (Å²) in [5.41, 5.74) is 9.69. The predicted octanol–water partition coefficient (Wildman–Crippen LogP) is 4.30. The summed E-state index contributed by atoms with van der Waals surface area (Å²) in [7, 11) is 0. The van der Waals surface area contributed by atoms with Gasteiger partial charge in [0.25, 0.3) is 0 Å². The Kier molecular flexibility index (Phi) is 4.37. The largest absolute Gasteiger partial charge is 0.393 e.